The molecule has 1 fully saturated rings. The van der Waals surface area contributed by atoms with Crippen LogP contribution in [0.4, 0.5) is 10.1 Å². The molecular weight excluding hydrogens is 217 g/mol. The Labute approximate surface area is 102 Å². The van der Waals surface area contributed by atoms with Gasteiger partial charge in [0.2, 0.25) is 0 Å². The van der Waals surface area contributed by atoms with E-state index in [1.54, 1.807) is 6.07 Å². The van der Waals surface area contributed by atoms with Gasteiger partial charge in [0.05, 0.1) is 5.69 Å². The Morgan fingerprint density at radius 3 is 2.76 bits per heavy atom. The van der Waals surface area contributed by atoms with Crippen LogP contribution in [0.1, 0.15) is 12.5 Å². The minimum atomic E-state index is -0.134. The lowest BCUT2D eigenvalue weighted by Crippen LogP contribution is -2.44. The van der Waals surface area contributed by atoms with Crippen molar-refractivity contribution in [3.8, 4) is 0 Å². The Morgan fingerprint density at radius 1 is 1.41 bits per heavy atom. The number of benzene rings is 1. The van der Waals surface area contributed by atoms with Crippen molar-refractivity contribution >= 4 is 5.69 Å². The van der Waals surface area contributed by atoms with Gasteiger partial charge < -0.3 is 16.0 Å². The Hall–Kier alpha value is -1.13. The van der Waals surface area contributed by atoms with Crippen LogP contribution in [0, 0.1) is 5.82 Å². The molecule has 2 rings (SSSR count). The zero-order valence-electron chi connectivity index (χ0n) is 10.2. The number of nitrogens with zero attached hydrogens (tertiary/aromatic N) is 1. The average Bonchev–Trinajstić information content (AvgIpc) is 2.29. The number of hydrogen-bond acceptors (Lipinski definition) is 3. The van der Waals surface area contributed by atoms with Gasteiger partial charge in [-0.1, -0.05) is 12.1 Å². The Kier molecular flexibility index (Phi) is 3.97. The largest absolute Gasteiger partial charge is 0.366 e. The summed E-state index contributed by atoms with van der Waals surface area (Å²) >= 11 is 0. The highest BCUT2D eigenvalue weighted by Gasteiger charge is 2.18. The average molecular weight is 237 g/mol. The highest BCUT2D eigenvalue weighted by atomic mass is 19.1. The molecule has 0 spiro atoms. The fourth-order valence-electron chi connectivity index (χ4n) is 2.31. The highest BCUT2D eigenvalue weighted by molar-refractivity contribution is 5.55. The molecule has 4 heteroatoms. The molecule has 0 bridgehead atoms. The summed E-state index contributed by atoms with van der Waals surface area (Å²) in [6.07, 6.45) is 0.719. The minimum absolute atomic E-state index is 0.0541. The number of anilines is 1. The molecule has 1 unspecified atom stereocenters. The van der Waals surface area contributed by atoms with Crippen molar-refractivity contribution in [2.75, 3.05) is 31.1 Å². The lowest BCUT2D eigenvalue weighted by Gasteiger charge is -2.31. The zero-order chi connectivity index (χ0) is 12.3. The number of nitrogens with one attached hydrogen (secondary N) is 1. The van der Waals surface area contributed by atoms with E-state index >= 15 is 0 Å². The van der Waals surface area contributed by atoms with E-state index in [9.17, 15) is 4.39 Å². The molecule has 1 heterocycles. The molecule has 0 saturated carbocycles. The number of nitrogens with two attached hydrogens (primary N) is 1. The highest BCUT2D eigenvalue weighted by Crippen LogP contribution is 2.25. The molecule has 1 aromatic rings. The predicted octanol–water partition coefficient (Wildman–Crippen LogP) is 1.12. The third kappa shape index (κ3) is 2.96. The second kappa shape index (κ2) is 5.47. The molecule has 1 aromatic carbocycles. The standard InChI is InChI=1S/C13H20FN3/c1-10(15)9-11-3-2-4-12(14)13(11)17-7-5-16-6-8-17/h2-4,10,16H,5-9,15H2,1H3. The van der Waals surface area contributed by atoms with Gasteiger partial charge in [-0.2, -0.15) is 0 Å². The molecule has 1 saturated heterocycles. The third-order valence-electron chi connectivity index (χ3n) is 3.05. The summed E-state index contributed by atoms with van der Waals surface area (Å²) < 4.78 is 14.0. The van der Waals surface area contributed by atoms with E-state index in [0.717, 1.165) is 43.9 Å². The molecule has 94 valence electrons. The summed E-state index contributed by atoms with van der Waals surface area (Å²) in [4.78, 5) is 2.11. The SMILES string of the molecule is CC(N)Cc1cccc(F)c1N1CCNCC1. The summed E-state index contributed by atoms with van der Waals surface area (Å²) in [5.74, 6) is -0.134. The molecule has 0 aliphatic carbocycles. The molecule has 3 nitrogen and oxygen atoms in total. The zero-order valence-corrected chi connectivity index (χ0v) is 10.2. The summed E-state index contributed by atoms with van der Waals surface area (Å²) in [7, 11) is 0. The van der Waals surface area contributed by atoms with E-state index in [1.165, 1.54) is 6.07 Å². The minimum Gasteiger partial charge on any atom is -0.366 e. The molecule has 0 aromatic heterocycles. The Balaban J connectivity index is 2.28. The first kappa shape index (κ1) is 12.3. The van der Waals surface area contributed by atoms with E-state index < -0.39 is 0 Å². The maximum Gasteiger partial charge on any atom is 0.146 e. The van der Waals surface area contributed by atoms with E-state index in [0.29, 0.717) is 0 Å². The van der Waals surface area contributed by atoms with Crippen LogP contribution in [-0.2, 0) is 6.42 Å². The van der Waals surface area contributed by atoms with Crippen molar-refractivity contribution in [2.24, 2.45) is 5.73 Å². The third-order valence-corrected chi connectivity index (χ3v) is 3.05. The predicted molar refractivity (Wildman–Crippen MR) is 68.8 cm³/mol. The van der Waals surface area contributed by atoms with Crippen LogP contribution in [-0.4, -0.2) is 32.2 Å². The van der Waals surface area contributed by atoms with Gasteiger partial charge in [0.25, 0.3) is 0 Å². The van der Waals surface area contributed by atoms with Crippen molar-refractivity contribution in [2.45, 2.75) is 19.4 Å². The topological polar surface area (TPSA) is 41.3 Å². The number of rotatable bonds is 3. The van der Waals surface area contributed by atoms with E-state index in [2.05, 4.69) is 10.2 Å². The fraction of sp³-hybridized carbons (Fsp3) is 0.538. The monoisotopic (exact) mass is 237 g/mol. The number of para-hydroxylation sites is 1. The van der Waals surface area contributed by atoms with Crippen LogP contribution in [0.5, 0.6) is 0 Å². The van der Waals surface area contributed by atoms with Crippen LogP contribution in [0.15, 0.2) is 18.2 Å². The first-order valence-electron chi connectivity index (χ1n) is 6.17. The van der Waals surface area contributed by atoms with Gasteiger partial charge in [-0.25, -0.2) is 4.39 Å². The lowest BCUT2D eigenvalue weighted by atomic mass is 10.0. The van der Waals surface area contributed by atoms with Gasteiger partial charge in [0.1, 0.15) is 5.82 Å². The number of halogens is 1. The Morgan fingerprint density at radius 2 is 2.12 bits per heavy atom. The van der Waals surface area contributed by atoms with Crippen molar-refractivity contribution < 1.29 is 4.39 Å². The normalized spacial score (nSPS) is 18.2. The maximum atomic E-state index is 14.0. The summed E-state index contributed by atoms with van der Waals surface area (Å²) in [6.45, 7) is 5.48. The molecule has 0 amide bonds. The molecule has 17 heavy (non-hydrogen) atoms. The molecule has 3 N–H and O–H groups in total. The van der Waals surface area contributed by atoms with Crippen molar-refractivity contribution in [3.63, 3.8) is 0 Å². The van der Waals surface area contributed by atoms with Crippen molar-refractivity contribution in [1.29, 1.82) is 0 Å². The van der Waals surface area contributed by atoms with Crippen LogP contribution < -0.4 is 16.0 Å². The molecule has 1 aliphatic rings. The van der Waals surface area contributed by atoms with E-state index in [-0.39, 0.29) is 11.9 Å². The van der Waals surface area contributed by atoms with Gasteiger partial charge in [-0.15, -0.1) is 0 Å². The van der Waals surface area contributed by atoms with Gasteiger partial charge in [0.15, 0.2) is 0 Å². The van der Waals surface area contributed by atoms with Gasteiger partial charge in [-0.3, -0.25) is 0 Å². The second-order valence-electron chi connectivity index (χ2n) is 4.67. The fourth-order valence-corrected chi connectivity index (χ4v) is 2.31. The van der Waals surface area contributed by atoms with Crippen LogP contribution >= 0.6 is 0 Å². The first-order valence-corrected chi connectivity index (χ1v) is 6.17. The molecule has 1 aliphatic heterocycles. The Bertz CT molecular complexity index is 373. The van der Waals surface area contributed by atoms with Crippen molar-refractivity contribution in [1.82, 2.24) is 5.32 Å². The van der Waals surface area contributed by atoms with E-state index in [4.69, 9.17) is 5.73 Å². The summed E-state index contributed by atoms with van der Waals surface area (Å²) in [5.41, 5.74) is 7.58. The smallest absolute Gasteiger partial charge is 0.146 e. The van der Waals surface area contributed by atoms with Crippen LogP contribution in [0.25, 0.3) is 0 Å². The molecule has 0 radical (unpaired) electrons. The lowest BCUT2D eigenvalue weighted by molar-refractivity contribution is 0.562. The van der Waals surface area contributed by atoms with Crippen LogP contribution in [0.2, 0.25) is 0 Å². The quantitative estimate of drug-likeness (QED) is 0.828. The summed E-state index contributed by atoms with van der Waals surface area (Å²) in [6, 6.07) is 5.32. The summed E-state index contributed by atoms with van der Waals surface area (Å²) in [5, 5.41) is 3.28. The molecule has 1 atom stereocenters. The van der Waals surface area contributed by atoms with E-state index in [1.807, 2.05) is 13.0 Å². The maximum absolute atomic E-state index is 14.0. The van der Waals surface area contributed by atoms with Gasteiger partial charge in [0, 0.05) is 32.2 Å². The van der Waals surface area contributed by atoms with Crippen LogP contribution in [0.3, 0.4) is 0 Å². The second-order valence-corrected chi connectivity index (χ2v) is 4.67. The first-order chi connectivity index (χ1) is 8.18. The van der Waals surface area contributed by atoms with Crippen molar-refractivity contribution in [3.05, 3.63) is 29.6 Å². The number of piperazine rings is 1. The van der Waals surface area contributed by atoms with Gasteiger partial charge in [-0.05, 0) is 25.0 Å². The van der Waals surface area contributed by atoms with Gasteiger partial charge >= 0.3 is 0 Å². The molecular formula is C13H20FN3. The number of hydrogen-bond donors (Lipinski definition) is 2.